The maximum atomic E-state index is 11.7. The van der Waals surface area contributed by atoms with Gasteiger partial charge in [-0.15, -0.1) is 0 Å². The van der Waals surface area contributed by atoms with E-state index in [1.54, 1.807) is 4.57 Å². The lowest BCUT2D eigenvalue weighted by Crippen LogP contribution is -2.19. The van der Waals surface area contributed by atoms with Crippen molar-refractivity contribution in [3.05, 3.63) is 34.2 Å². The van der Waals surface area contributed by atoms with E-state index in [1.807, 2.05) is 25.1 Å². The van der Waals surface area contributed by atoms with Gasteiger partial charge < -0.3 is 4.98 Å². The van der Waals surface area contributed by atoms with Crippen LogP contribution in [0.4, 0.5) is 0 Å². The van der Waals surface area contributed by atoms with Crippen LogP contribution in [-0.4, -0.2) is 9.55 Å². The van der Waals surface area contributed by atoms with Crippen LogP contribution in [0, 0.1) is 12.8 Å². The summed E-state index contributed by atoms with van der Waals surface area (Å²) in [5, 5.41) is 0. The molecule has 0 fully saturated rings. The first-order valence-corrected chi connectivity index (χ1v) is 5.27. The Balaban J connectivity index is 2.63. The van der Waals surface area contributed by atoms with Crippen molar-refractivity contribution in [1.82, 2.24) is 9.55 Å². The van der Waals surface area contributed by atoms with Crippen molar-refractivity contribution in [1.29, 1.82) is 0 Å². The average molecular weight is 204 g/mol. The van der Waals surface area contributed by atoms with Gasteiger partial charge in [0, 0.05) is 6.54 Å². The number of aryl methyl sites for hydroxylation is 1. The number of H-pyrrole nitrogens is 1. The number of aromatic amines is 1. The smallest absolute Gasteiger partial charge is 0.306 e. The molecule has 1 aromatic carbocycles. The predicted molar refractivity (Wildman–Crippen MR) is 62.1 cm³/mol. The molecule has 0 saturated carbocycles. The SMILES string of the molecule is Cc1ccc2c(c1)[nH]c(=O)n2CC(C)C. The second kappa shape index (κ2) is 3.57. The first-order chi connectivity index (χ1) is 7.08. The lowest BCUT2D eigenvalue weighted by molar-refractivity contribution is 0.522. The lowest BCUT2D eigenvalue weighted by Gasteiger charge is -2.05. The minimum atomic E-state index is -0.00991. The van der Waals surface area contributed by atoms with E-state index in [4.69, 9.17) is 0 Å². The van der Waals surface area contributed by atoms with Crippen LogP contribution in [0.2, 0.25) is 0 Å². The first-order valence-electron chi connectivity index (χ1n) is 5.27. The molecular formula is C12H16N2O. The predicted octanol–water partition coefficient (Wildman–Crippen LogP) is 2.29. The van der Waals surface area contributed by atoms with Gasteiger partial charge >= 0.3 is 5.69 Å². The van der Waals surface area contributed by atoms with E-state index >= 15 is 0 Å². The van der Waals surface area contributed by atoms with Crippen LogP contribution in [0.3, 0.4) is 0 Å². The second-order valence-corrected chi connectivity index (χ2v) is 4.46. The molecule has 0 atom stereocenters. The molecule has 0 unspecified atom stereocenters. The molecule has 0 radical (unpaired) electrons. The quantitative estimate of drug-likeness (QED) is 0.800. The van der Waals surface area contributed by atoms with Gasteiger partial charge in [-0.25, -0.2) is 4.79 Å². The van der Waals surface area contributed by atoms with Crippen molar-refractivity contribution < 1.29 is 0 Å². The minimum Gasteiger partial charge on any atom is -0.306 e. The number of benzene rings is 1. The van der Waals surface area contributed by atoms with Gasteiger partial charge in [0.25, 0.3) is 0 Å². The number of hydrogen-bond acceptors (Lipinski definition) is 1. The van der Waals surface area contributed by atoms with Crippen LogP contribution >= 0.6 is 0 Å². The van der Waals surface area contributed by atoms with Crippen molar-refractivity contribution in [2.24, 2.45) is 5.92 Å². The maximum absolute atomic E-state index is 11.7. The molecule has 0 aliphatic rings. The molecule has 0 spiro atoms. The summed E-state index contributed by atoms with van der Waals surface area (Å²) < 4.78 is 1.80. The number of fused-ring (bicyclic) bond motifs is 1. The number of hydrogen-bond donors (Lipinski definition) is 1. The number of imidazole rings is 1. The summed E-state index contributed by atoms with van der Waals surface area (Å²) in [6.45, 7) is 7.01. The van der Waals surface area contributed by atoms with E-state index < -0.39 is 0 Å². The fourth-order valence-corrected chi connectivity index (χ4v) is 1.82. The number of aromatic nitrogens is 2. The Morgan fingerprint density at radius 2 is 2.13 bits per heavy atom. The molecule has 1 heterocycles. The zero-order valence-corrected chi connectivity index (χ0v) is 9.37. The van der Waals surface area contributed by atoms with Crippen molar-refractivity contribution in [3.8, 4) is 0 Å². The second-order valence-electron chi connectivity index (χ2n) is 4.46. The molecule has 0 aliphatic heterocycles. The van der Waals surface area contributed by atoms with Crippen LogP contribution in [0.15, 0.2) is 23.0 Å². The van der Waals surface area contributed by atoms with Crippen LogP contribution in [0.1, 0.15) is 19.4 Å². The van der Waals surface area contributed by atoms with Crippen LogP contribution < -0.4 is 5.69 Å². The number of nitrogens with zero attached hydrogens (tertiary/aromatic N) is 1. The third-order valence-electron chi connectivity index (χ3n) is 2.48. The molecule has 2 rings (SSSR count). The Labute approximate surface area is 88.7 Å². The Morgan fingerprint density at radius 3 is 2.80 bits per heavy atom. The minimum absolute atomic E-state index is 0.00991. The summed E-state index contributed by atoms with van der Waals surface area (Å²) in [5.74, 6) is 0.475. The Morgan fingerprint density at radius 1 is 1.40 bits per heavy atom. The third-order valence-corrected chi connectivity index (χ3v) is 2.48. The first kappa shape index (κ1) is 10.0. The number of rotatable bonds is 2. The van der Waals surface area contributed by atoms with Gasteiger partial charge in [0.15, 0.2) is 0 Å². The van der Waals surface area contributed by atoms with Gasteiger partial charge in [-0.2, -0.15) is 0 Å². The van der Waals surface area contributed by atoms with E-state index in [9.17, 15) is 4.79 Å². The van der Waals surface area contributed by atoms with Crippen molar-refractivity contribution in [3.63, 3.8) is 0 Å². The van der Waals surface area contributed by atoms with Gasteiger partial charge in [-0.05, 0) is 30.5 Å². The Kier molecular flexibility index (Phi) is 2.39. The number of nitrogens with one attached hydrogen (secondary N) is 1. The summed E-state index contributed by atoms with van der Waals surface area (Å²) >= 11 is 0. The summed E-state index contributed by atoms with van der Waals surface area (Å²) in [6.07, 6.45) is 0. The molecular weight excluding hydrogens is 188 g/mol. The summed E-state index contributed by atoms with van der Waals surface area (Å²) in [7, 11) is 0. The molecule has 1 aromatic heterocycles. The van der Waals surface area contributed by atoms with E-state index in [0.717, 1.165) is 17.6 Å². The van der Waals surface area contributed by atoms with Crippen molar-refractivity contribution in [2.45, 2.75) is 27.3 Å². The standard InChI is InChI=1S/C12H16N2O/c1-8(2)7-14-11-5-4-9(3)6-10(11)13-12(14)15/h4-6,8H,7H2,1-3H3,(H,13,15). The molecule has 1 N–H and O–H groups in total. The van der Waals surface area contributed by atoms with E-state index in [1.165, 1.54) is 5.56 Å². The molecule has 0 aliphatic carbocycles. The highest BCUT2D eigenvalue weighted by Crippen LogP contribution is 2.13. The van der Waals surface area contributed by atoms with Gasteiger partial charge in [-0.3, -0.25) is 4.57 Å². The molecule has 80 valence electrons. The highest BCUT2D eigenvalue weighted by Gasteiger charge is 2.07. The van der Waals surface area contributed by atoms with Crippen LogP contribution in [0.5, 0.6) is 0 Å². The molecule has 2 aromatic rings. The molecule has 0 amide bonds. The molecule has 3 heteroatoms. The van der Waals surface area contributed by atoms with Gasteiger partial charge in [0.05, 0.1) is 11.0 Å². The zero-order chi connectivity index (χ0) is 11.0. The van der Waals surface area contributed by atoms with E-state index in [0.29, 0.717) is 5.92 Å². The fourth-order valence-electron chi connectivity index (χ4n) is 1.82. The highest BCUT2D eigenvalue weighted by atomic mass is 16.1. The maximum Gasteiger partial charge on any atom is 0.326 e. The Bertz CT molecular complexity index is 534. The van der Waals surface area contributed by atoms with E-state index in [-0.39, 0.29) is 5.69 Å². The van der Waals surface area contributed by atoms with Crippen molar-refractivity contribution >= 4 is 11.0 Å². The Hall–Kier alpha value is -1.51. The van der Waals surface area contributed by atoms with Crippen molar-refractivity contribution in [2.75, 3.05) is 0 Å². The summed E-state index contributed by atoms with van der Waals surface area (Å²) in [5.41, 5.74) is 3.09. The zero-order valence-electron chi connectivity index (χ0n) is 9.37. The van der Waals surface area contributed by atoms with Crippen LogP contribution in [-0.2, 0) is 6.54 Å². The average Bonchev–Trinajstić information content (AvgIpc) is 2.41. The monoisotopic (exact) mass is 204 g/mol. The summed E-state index contributed by atoms with van der Waals surface area (Å²) in [6, 6.07) is 6.05. The largest absolute Gasteiger partial charge is 0.326 e. The van der Waals surface area contributed by atoms with Gasteiger partial charge in [0.2, 0.25) is 0 Å². The van der Waals surface area contributed by atoms with E-state index in [2.05, 4.69) is 18.8 Å². The normalized spacial score (nSPS) is 11.5. The molecule has 0 bridgehead atoms. The topological polar surface area (TPSA) is 37.8 Å². The molecule has 15 heavy (non-hydrogen) atoms. The van der Waals surface area contributed by atoms with Gasteiger partial charge in [-0.1, -0.05) is 19.9 Å². The highest BCUT2D eigenvalue weighted by molar-refractivity contribution is 5.75. The van der Waals surface area contributed by atoms with Gasteiger partial charge in [0.1, 0.15) is 0 Å². The molecule has 0 saturated heterocycles. The molecule has 3 nitrogen and oxygen atoms in total. The van der Waals surface area contributed by atoms with Crippen LogP contribution in [0.25, 0.3) is 11.0 Å². The fraction of sp³-hybridized carbons (Fsp3) is 0.417. The summed E-state index contributed by atoms with van der Waals surface area (Å²) in [4.78, 5) is 14.6. The lowest BCUT2D eigenvalue weighted by atomic mass is 10.2. The third kappa shape index (κ3) is 1.82.